The van der Waals surface area contributed by atoms with E-state index in [-0.39, 0.29) is 11.0 Å². The van der Waals surface area contributed by atoms with Crippen molar-refractivity contribution in [3.63, 3.8) is 0 Å². The highest BCUT2D eigenvalue weighted by molar-refractivity contribution is 7.89. The van der Waals surface area contributed by atoms with Crippen molar-refractivity contribution in [2.24, 2.45) is 4.99 Å². The van der Waals surface area contributed by atoms with Gasteiger partial charge in [-0.05, 0) is 50.3 Å². The van der Waals surface area contributed by atoms with E-state index in [0.717, 1.165) is 57.0 Å². The lowest BCUT2D eigenvalue weighted by atomic mass is 10.2. The van der Waals surface area contributed by atoms with E-state index in [2.05, 4.69) is 20.3 Å². The van der Waals surface area contributed by atoms with Gasteiger partial charge in [0.15, 0.2) is 5.96 Å². The number of hydrogen-bond donors (Lipinski definition) is 3. The molecule has 1 aromatic carbocycles. The highest BCUT2D eigenvalue weighted by Crippen LogP contribution is 2.14. The van der Waals surface area contributed by atoms with Gasteiger partial charge in [0.1, 0.15) is 0 Å². The number of nitrogens with zero attached hydrogens (tertiary/aromatic N) is 1. The molecule has 0 aromatic heterocycles. The number of rotatable bonds is 12. The van der Waals surface area contributed by atoms with Crippen molar-refractivity contribution in [3.05, 3.63) is 29.8 Å². The minimum absolute atomic E-state index is 0.0216. The van der Waals surface area contributed by atoms with Crippen molar-refractivity contribution < 1.29 is 17.9 Å². The Morgan fingerprint density at radius 2 is 2.03 bits per heavy atom. The second-order valence-electron chi connectivity index (χ2n) is 6.89. The van der Waals surface area contributed by atoms with Gasteiger partial charge >= 0.3 is 0 Å². The topological polar surface area (TPSA) is 101 Å². The lowest BCUT2D eigenvalue weighted by molar-refractivity contribution is 0.114. The summed E-state index contributed by atoms with van der Waals surface area (Å²) in [5, 5.41) is 6.50. The second-order valence-corrected chi connectivity index (χ2v) is 8.65. The monoisotopic (exact) mass is 426 g/mol. The zero-order valence-corrected chi connectivity index (χ0v) is 18.3. The van der Waals surface area contributed by atoms with Crippen molar-refractivity contribution in [1.82, 2.24) is 15.4 Å². The molecule has 1 aliphatic heterocycles. The molecular formula is C20H34N4O4S. The molecule has 1 saturated heterocycles. The Morgan fingerprint density at radius 1 is 1.24 bits per heavy atom. The first-order chi connectivity index (χ1) is 14.0. The fourth-order valence-electron chi connectivity index (χ4n) is 2.96. The molecule has 0 spiro atoms. The summed E-state index contributed by atoms with van der Waals surface area (Å²) in [4.78, 5) is 4.46. The highest BCUT2D eigenvalue weighted by atomic mass is 32.2. The molecule has 0 saturated carbocycles. The van der Waals surface area contributed by atoms with E-state index in [1.807, 2.05) is 19.1 Å². The Bertz CT molecular complexity index is 717. The van der Waals surface area contributed by atoms with Crippen LogP contribution in [0.5, 0.6) is 0 Å². The SMILES string of the molecule is CCOCCCCNC(=NC)NCc1ccc(S(=O)(=O)NCC2CCCO2)cc1. The third-order valence-electron chi connectivity index (χ3n) is 4.65. The third kappa shape index (κ3) is 8.69. The molecule has 9 heteroatoms. The molecule has 1 aromatic rings. The first kappa shape index (κ1) is 23.6. The van der Waals surface area contributed by atoms with Crippen LogP contribution >= 0.6 is 0 Å². The Balaban J connectivity index is 1.74. The summed E-state index contributed by atoms with van der Waals surface area (Å²) in [7, 11) is -1.79. The summed E-state index contributed by atoms with van der Waals surface area (Å²) in [5.74, 6) is 0.719. The fraction of sp³-hybridized carbons (Fsp3) is 0.650. The van der Waals surface area contributed by atoms with Gasteiger partial charge in [0.05, 0.1) is 11.0 Å². The van der Waals surface area contributed by atoms with Crippen LogP contribution < -0.4 is 15.4 Å². The molecule has 29 heavy (non-hydrogen) atoms. The van der Waals surface area contributed by atoms with E-state index in [1.54, 1.807) is 19.2 Å². The minimum atomic E-state index is -3.52. The highest BCUT2D eigenvalue weighted by Gasteiger charge is 2.20. The maximum Gasteiger partial charge on any atom is 0.240 e. The van der Waals surface area contributed by atoms with Crippen LogP contribution in [0.15, 0.2) is 34.2 Å². The number of aliphatic imine (C=N–C) groups is 1. The number of nitrogens with one attached hydrogen (secondary N) is 3. The molecule has 0 aliphatic carbocycles. The Kier molecular flexibility index (Phi) is 10.4. The summed E-state index contributed by atoms with van der Waals surface area (Å²) in [6.45, 7) is 5.93. The Morgan fingerprint density at radius 3 is 2.69 bits per heavy atom. The van der Waals surface area contributed by atoms with Gasteiger partial charge in [-0.15, -0.1) is 0 Å². The first-order valence-corrected chi connectivity index (χ1v) is 11.8. The van der Waals surface area contributed by atoms with Gasteiger partial charge in [-0.2, -0.15) is 0 Å². The van der Waals surface area contributed by atoms with Crippen LogP contribution in [0.1, 0.15) is 38.2 Å². The summed E-state index contributed by atoms with van der Waals surface area (Å²) in [5.41, 5.74) is 0.974. The Labute approximate surface area is 174 Å². The largest absolute Gasteiger partial charge is 0.382 e. The van der Waals surface area contributed by atoms with Gasteiger partial charge in [0, 0.05) is 46.5 Å². The van der Waals surface area contributed by atoms with Crippen LogP contribution in [0.3, 0.4) is 0 Å². The molecule has 0 bridgehead atoms. The van der Waals surface area contributed by atoms with E-state index in [0.29, 0.717) is 19.7 Å². The van der Waals surface area contributed by atoms with Crippen LogP contribution in [-0.4, -0.2) is 60.4 Å². The van der Waals surface area contributed by atoms with Crippen LogP contribution in [0.25, 0.3) is 0 Å². The quantitative estimate of drug-likeness (QED) is 0.267. The van der Waals surface area contributed by atoms with Crippen LogP contribution in [-0.2, 0) is 26.0 Å². The maximum atomic E-state index is 12.4. The van der Waals surface area contributed by atoms with Crippen LogP contribution in [0, 0.1) is 0 Å². The Hall–Kier alpha value is -1.68. The van der Waals surface area contributed by atoms with Gasteiger partial charge in [-0.3, -0.25) is 4.99 Å². The summed E-state index contributed by atoms with van der Waals surface area (Å²) >= 11 is 0. The number of unbranched alkanes of at least 4 members (excludes halogenated alkanes) is 1. The van der Waals surface area contributed by atoms with Crippen LogP contribution in [0.2, 0.25) is 0 Å². The molecule has 1 atom stereocenters. The molecule has 1 fully saturated rings. The number of sulfonamides is 1. The molecule has 3 N–H and O–H groups in total. The lowest BCUT2D eigenvalue weighted by Crippen LogP contribution is -2.37. The van der Waals surface area contributed by atoms with E-state index in [4.69, 9.17) is 9.47 Å². The van der Waals surface area contributed by atoms with Crippen molar-refractivity contribution in [2.75, 3.05) is 40.0 Å². The molecule has 1 heterocycles. The predicted octanol–water partition coefficient (Wildman–Crippen LogP) is 1.63. The first-order valence-electron chi connectivity index (χ1n) is 10.3. The van der Waals surface area contributed by atoms with E-state index >= 15 is 0 Å². The minimum Gasteiger partial charge on any atom is -0.382 e. The van der Waals surface area contributed by atoms with Crippen LogP contribution in [0.4, 0.5) is 0 Å². The van der Waals surface area contributed by atoms with Crippen molar-refractivity contribution in [3.8, 4) is 0 Å². The average Bonchev–Trinajstić information content (AvgIpc) is 3.25. The van der Waals surface area contributed by atoms with E-state index < -0.39 is 10.0 Å². The zero-order chi connectivity index (χ0) is 21.0. The maximum absolute atomic E-state index is 12.4. The van der Waals surface area contributed by atoms with Crippen molar-refractivity contribution >= 4 is 16.0 Å². The molecule has 1 unspecified atom stereocenters. The van der Waals surface area contributed by atoms with Gasteiger partial charge in [0.2, 0.25) is 10.0 Å². The smallest absolute Gasteiger partial charge is 0.240 e. The normalized spacial score (nSPS) is 17.4. The molecule has 0 radical (unpaired) electrons. The van der Waals surface area contributed by atoms with Gasteiger partial charge in [-0.25, -0.2) is 13.1 Å². The summed E-state index contributed by atoms with van der Waals surface area (Å²) in [6.07, 6.45) is 3.88. The third-order valence-corrected chi connectivity index (χ3v) is 6.09. The predicted molar refractivity (Wildman–Crippen MR) is 115 cm³/mol. The fourth-order valence-corrected chi connectivity index (χ4v) is 4.03. The van der Waals surface area contributed by atoms with E-state index in [9.17, 15) is 8.42 Å². The summed E-state index contributed by atoms with van der Waals surface area (Å²) in [6, 6.07) is 6.86. The van der Waals surface area contributed by atoms with Gasteiger partial charge < -0.3 is 20.1 Å². The van der Waals surface area contributed by atoms with Crippen molar-refractivity contribution in [1.29, 1.82) is 0 Å². The number of ether oxygens (including phenoxy) is 2. The zero-order valence-electron chi connectivity index (χ0n) is 17.4. The molecular weight excluding hydrogens is 392 g/mol. The van der Waals surface area contributed by atoms with Gasteiger partial charge in [-0.1, -0.05) is 12.1 Å². The standard InChI is InChI=1S/C20H34N4O4S/c1-3-27-13-5-4-12-22-20(21-2)23-15-17-8-10-19(11-9-17)29(25,26)24-16-18-7-6-14-28-18/h8-11,18,24H,3-7,12-16H2,1-2H3,(H2,21,22,23). The number of hydrogen-bond acceptors (Lipinski definition) is 5. The van der Waals surface area contributed by atoms with E-state index in [1.165, 1.54) is 0 Å². The summed E-state index contributed by atoms with van der Waals surface area (Å²) < 4.78 is 38.2. The molecule has 2 rings (SSSR count). The molecule has 0 amide bonds. The molecule has 1 aliphatic rings. The number of benzene rings is 1. The number of guanidine groups is 1. The molecule has 164 valence electrons. The average molecular weight is 427 g/mol. The molecule has 8 nitrogen and oxygen atoms in total. The van der Waals surface area contributed by atoms with Gasteiger partial charge in [0.25, 0.3) is 0 Å². The second kappa shape index (κ2) is 12.8. The lowest BCUT2D eigenvalue weighted by Gasteiger charge is -2.13. The van der Waals surface area contributed by atoms with Crippen molar-refractivity contribution in [2.45, 2.75) is 50.2 Å².